The number of nitrogens with zero attached hydrogens (tertiary/aromatic N) is 1. The van der Waals surface area contributed by atoms with E-state index in [0.717, 1.165) is 19.5 Å². The molecule has 3 unspecified atom stereocenters. The lowest BCUT2D eigenvalue weighted by molar-refractivity contribution is -0.131. The Morgan fingerprint density at radius 2 is 1.83 bits per heavy atom. The number of fused-ring (bicyclic) bond motifs is 1. The second-order valence-corrected chi connectivity index (χ2v) is 6.32. The minimum Gasteiger partial charge on any atom is -0.342 e. The Morgan fingerprint density at radius 1 is 1.11 bits per heavy atom. The van der Waals surface area contributed by atoms with Gasteiger partial charge in [-0.1, -0.05) is 12.8 Å². The molecule has 1 aliphatic heterocycles. The standard InChI is InChI=1S/C14H24N2O.ClH/c15-13-6-5-11-8-16(9-12(11)13)14(17)7-10-3-1-2-4-10;/h10-13H,1-9,15H2;1H. The number of amides is 1. The van der Waals surface area contributed by atoms with Crippen LogP contribution in [0.2, 0.25) is 0 Å². The van der Waals surface area contributed by atoms with Gasteiger partial charge in [0.15, 0.2) is 0 Å². The summed E-state index contributed by atoms with van der Waals surface area (Å²) in [5.41, 5.74) is 6.11. The summed E-state index contributed by atoms with van der Waals surface area (Å²) in [6.07, 6.45) is 8.40. The van der Waals surface area contributed by atoms with Gasteiger partial charge in [0.25, 0.3) is 0 Å². The molecule has 1 saturated heterocycles. The summed E-state index contributed by atoms with van der Waals surface area (Å²) in [6, 6.07) is 0.351. The molecule has 2 N–H and O–H groups in total. The first kappa shape index (κ1) is 14.1. The quantitative estimate of drug-likeness (QED) is 0.838. The van der Waals surface area contributed by atoms with Crippen LogP contribution >= 0.6 is 12.4 Å². The summed E-state index contributed by atoms with van der Waals surface area (Å²) in [5.74, 6) is 2.38. The van der Waals surface area contributed by atoms with Gasteiger partial charge in [-0.25, -0.2) is 0 Å². The van der Waals surface area contributed by atoms with Gasteiger partial charge in [-0.05, 0) is 43.4 Å². The van der Waals surface area contributed by atoms with E-state index >= 15 is 0 Å². The molecule has 3 aliphatic rings. The smallest absolute Gasteiger partial charge is 0.222 e. The summed E-state index contributed by atoms with van der Waals surface area (Å²) >= 11 is 0. The van der Waals surface area contributed by atoms with Crippen LogP contribution in [-0.2, 0) is 4.79 Å². The predicted molar refractivity (Wildman–Crippen MR) is 74.6 cm³/mol. The molecule has 3 rings (SSSR count). The second kappa shape index (κ2) is 5.79. The largest absolute Gasteiger partial charge is 0.342 e. The number of rotatable bonds is 2. The third kappa shape index (κ3) is 2.67. The van der Waals surface area contributed by atoms with Crippen molar-refractivity contribution in [1.82, 2.24) is 4.90 Å². The van der Waals surface area contributed by atoms with E-state index in [1.807, 2.05) is 0 Å². The van der Waals surface area contributed by atoms with Crippen molar-refractivity contribution < 1.29 is 4.79 Å². The van der Waals surface area contributed by atoms with Crippen molar-refractivity contribution in [2.24, 2.45) is 23.5 Å². The fourth-order valence-electron chi connectivity index (χ4n) is 4.10. The van der Waals surface area contributed by atoms with E-state index in [1.165, 1.54) is 38.5 Å². The van der Waals surface area contributed by atoms with Gasteiger partial charge in [-0.15, -0.1) is 12.4 Å². The van der Waals surface area contributed by atoms with Gasteiger partial charge in [0.1, 0.15) is 0 Å². The van der Waals surface area contributed by atoms with Gasteiger partial charge < -0.3 is 10.6 Å². The maximum atomic E-state index is 12.2. The van der Waals surface area contributed by atoms with Crippen molar-refractivity contribution in [1.29, 1.82) is 0 Å². The summed E-state index contributed by atoms with van der Waals surface area (Å²) in [5, 5.41) is 0. The second-order valence-electron chi connectivity index (χ2n) is 6.32. The van der Waals surface area contributed by atoms with E-state index in [1.54, 1.807) is 0 Å². The molecule has 3 fully saturated rings. The lowest BCUT2D eigenvalue weighted by Gasteiger charge is -2.20. The van der Waals surface area contributed by atoms with Crippen LogP contribution in [0, 0.1) is 17.8 Å². The Labute approximate surface area is 116 Å². The van der Waals surface area contributed by atoms with E-state index in [4.69, 9.17) is 5.73 Å². The molecule has 2 saturated carbocycles. The minimum absolute atomic E-state index is 0. The van der Waals surface area contributed by atoms with Crippen LogP contribution in [0.4, 0.5) is 0 Å². The Bertz CT molecular complexity index is 304. The number of hydrogen-bond acceptors (Lipinski definition) is 2. The average molecular weight is 273 g/mol. The summed E-state index contributed by atoms with van der Waals surface area (Å²) in [4.78, 5) is 14.3. The highest BCUT2D eigenvalue weighted by atomic mass is 35.5. The van der Waals surface area contributed by atoms with E-state index in [0.29, 0.717) is 29.7 Å². The third-order valence-corrected chi connectivity index (χ3v) is 5.20. The van der Waals surface area contributed by atoms with E-state index < -0.39 is 0 Å². The first-order valence-corrected chi connectivity index (χ1v) is 7.27. The Balaban J connectivity index is 0.00000120. The number of nitrogens with two attached hydrogens (primary N) is 1. The van der Waals surface area contributed by atoms with Gasteiger partial charge in [0.2, 0.25) is 5.91 Å². The number of hydrogen-bond donors (Lipinski definition) is 1. The van der Waals surface area contributed by atoms with Crippen molar-refractivity contribution in [3.05, 3.63) is 0 Å². The van der Waals surface area contributed by atoms with Crippen LogP contribution < -0.4 is 5.73 Å². The average Bonchev–Trinajstić information content (AvgIpc) is 2.97. The lowest BCUT2D eigenvalue weighted by atomic mass is 9.98. The fraction of sp³-hybridized carbons (Fsp3) is 0.929. The zero-order chi connectivity index (χ0) is 11.8. The first-order chi connectivity index (χ1) is 8.24. The molecule has 104 valence electrons. The molecule has 0 aromatic heterocycles. The van der Waals surface area contributed by atoms with E-state index in [2.05, 4.69) is 4.90 Å². The topological polar surface area (TPSA) is 46.3 Å². The molecule has 1 heterocycles. The van der Waals surface area contributed by atoms with E-state index in [-0.39, 0.29) is 12.4 Å². The highest BCUT2D eigenvalue weighted by molar-refractivity contribution is 5.85. The first-order valence-electron chi connectivity index (χ1n) is 7.27. The molecule has 0 aromatic rings. The highest BCUT2D eigenvalue weighted by Gasteiger charge is 2.42. The fourth-order valence-corrected chi connectivity index (χ4v) is 4.10. The molecule has 2 aliphatic carbocycles. The van der Waals surface area contributed by atoms with Crippen LogP contribution in [0.3, 0.4) is 0 Å². The van der Waals surface area contributed by atoms with Gasteiger partial charge in [-0.2, -0.15) is 0 Å². The van der Waals surface area contributed by atoms with Crippen LogP contribution in [0.15, 0.2) is 0 Å². The van der Waals surface area contributed by atoms with Crippen LogP contribution in [0.25, 0.3) is 0 Å². The molecule has 1 amide bonds. The number of carbonyl (C=O) groups excluding carboxylic acids is 1. The van der Waals surface area contributed by atoms with Gasteiger partial charge in [-0.3, -0.25) is 4.79 Å². The Kier molecular flexibility index (Phi) is 4.54. The zero-order valence-corrected chi connectivity index (χ0v) is 11.8. The zero-order valence-electron chi connectivity index (χ0n) is 11.0. The molecular formula is C14H25ClN2O. The molecule has 3 nitrogen and oxygen atoms in total. The van der Waals surface area contributed by atoms with Crippen molar-refractivity contribution in [3.63, 3.8) is 0 Å². The maximum Gasteiger partial charge on any atom is 0.222 e. The summed E-state index contributed by atoms with van der Waals surface area (Å²) < 4.78 is 0. The highest BCUT2D eigenvalue weighted by Crippen LogP contribution is 2.38. The molecule has 0 aromatic carbocycles. The van der Waals surface area contributed by atoms with Gasteiger partial charge in [0, 0.05) is 25.6 Å². The van der Waals surface area contributed by atoms with Crippen molar-refractivity contribution in [3.8, 4) is 0 Å². The molecule has 3 atom stereocenters. The molecule has 0 radical (unpaired) electrons. The summed E-state index contributed by atoms with van der Waals surface area (Å²) in [6.45, 7) is 1.93. The van der Waals surface area contributed by atoms with Gasteiger partial charge >= 0.3 is 0 Å². The van der Waals surface area contributed by atoms with E-state index in [9.17, 15) is 4.79 Å². The number of carbonyl (C=O) groups is 1. The lowest BCUT2D eigenvalue weighted by Crippen LogP contribution is -2.34. The summed E-state index contributed by atoms with van der Waals surface area (Å²) in [7, 11) is 0. The number of likely N-dealkylation sites (tertiary alicyclic amines) is 1. The molecule has 0 spiro atoms. The predicted octanol–water partition coefficient (Wildman–Crippen LogP) is 2.18. The monoisotopic (exact) mass is 272 g/mol. The van der Waals surface area contributed by atoms with Crippen molar-refractivity contribution >= 4 is 18.3 Å². The molecule has 0 bridgehead atoms. The van der Waals surface area contributed by atoms with Crippen LogP contribution in [0.1, 0.15) is 44.9 Å². The normalized spacial score (nSPS) is 35.6. The molecule has 4 heteroatoms. The molecular weight excluding hydrogens is 248 g/mol. The minimum atomic E-state index is 0. The van der Waals surface area contributed by atoms with Crippen LogP contribution in [0.5, 0.6) is 0 Å². The van der Waals surface area contributed by atoms with Crippen molar-refractivity contribution in [2.45, 2.75) is 51.0 Å². The number of halogens is 1. The SMILES string of the molecule is Cl.NC1CCC2CN(C(=O)CC3CCCC3)CC12. The van der Waals surface area contributed by atoms with Crippen molar-refractivity contribution in [2.75, 3.05) is 13.1 Å². The maximum absolute atomic E-state index is 12.2. The Morgan fingerprint density at radius 3 is 2.50 bits per heavy atom. The third-order valence-electron chi connectivity index (χ3n) is 5.20. The van der Waals surface area contributed by atoms with Gasteiger partial charge in [0.05, 0.1) is 0 Å². The Hall–Kier alpha value is -0.280. The van der Waals surface area contributed by atoms with Crippen LogP contribution in [-0.4, -0.2) is 29.9 Å². The molecule has 18 heavy (non-hydrogen) atoms.